The summed E-state index contributed by atoms with van der Waals surface area (Å²) in [5.41, 5.74) is 8.10. The molecule has 1 aliphatic carbocycles. The predicted molar refractivity (Wildman–Crippen MR) is 135 cm³/mol. The summed E-state index contributed by atoms with van der Waals surface area (Å²) in [6.07, 6.45) is 4.37. The molecule has 3 heteroatoms. The molecule has 2 nitrogen and oxygen atoms in total. The van der Waals surface area contributed by atoms with E-state index in [4.69, 9.17) is 9.31 Å². The first-order valence-electron chi connectivity index (χ1n) is 11.5. The molecule has 0 aromatic heterocycles. The van der Waals surface area contributed by atoms with Crippen LogP contribution in [0.1, 0.15) is 63.8 Å². The summed E-state index contributed by atoms with van der Waals surface area (Å²) in [6, 6.07) is 23.9. The molecule has 1 aliphatic heterocycles. The molecule has 0 radical (unpaired) electrons. The maximum absolute atomic E-state index is 6.32. The van der Waals surface area contributed by atoms with Gasteiger partial charge in [-0.25, -0.2) is 0 Å². The largest absolute Gasteiger partial charge is 0.494 e. The van der Waals surface area contributed by atoms with Gasteiger partial charge >= 0.3 is 7.12 Å². The van der Waals surface area contributed by atoms with E-state index in [-0.39, 0.29) is 23.7 Å². The van der Waals surface area contributed by atoms with Crippen LogP contribution < -0.4 is 5.46 Å². The molecule has 3 aromatic carbocycles. The first kappa shape index (κ1) is 21.2. The lowest BCUT2D eigenvalue weighted by molar-refractivity contribution is 0.00578. The molecule has 0 unspecified atom stereocenters. The number of benzene rings is 3. The van der Waals surface area contributed by atoms with Gasteiger partial charge in [-0.15, -0.1) is 0 Å². The summed E-state index contributed by atoms with van der Waals surface area (Å²) in [5.74, 6) is 0. The zero-order valence-electron chi connectivity index (χ0n) is 19.9. The smallest absolute Gasteiger partial charge is 0.399 e. The van der Waals surface area contributed by atoms with Crippen molar-refractivity contribution < 1.29 is 9.31 Å². The molecule has 1 fully saturated rings. The Bertz CT molecular complexity index is 1190. The Morgan fingerprint density at radius 1 is 0.625 bits per heavy atom. The Morgan fingerprint density at radius 2 is 1.19 bits per heavy atom. The van der Waals surface area contributed by atoms with Crippen LogP contribution in [0.4, 0.5) is 0 Å². The fourth-order valence-electron chi connectivity index (χ4n) is 4.76. The van der Waals surface area contributed by atoms with Crippen LogP contribution in [0.5, 0.6) is 0 Å². The summed E-state index contributed by atoms with van der Waals surface area (Å²) in [7, 11) is -0.339. The van der Waals surface area contributed by atoms with Crippen LogP contribution in [0, 0.1) is 0 Å². The van der Waals surface area contributed by atoms with Gasteiger partial charge in [-0.05, 0) is 66.5 Å². The van der Waals surface area contributed by atoms with Crippen molar-refractivity contribution in [2.75, 3.05) is 0 Å². The summed E-state index contributed by atoms with van der Waals surface area (Å²) < 4.78 is 12.6. The van der Waals surface area contributed by atoms with Crippen LogP contribution in [0.15, 0.2) is 66.7 Å². The van der Waals surface area contributed by atoms with Gasteiger partial charge in [0.25, 0.3) is 0 Å². The van der Waals surface area contributed by atoms with E-state index in [0.717, 1.165) is 5.46 Å². The van der Waals surface area contributed by atoms with Crippen molar-refractivity contribution in [3.05, 3.63) is 89.0 Å². The topological polar surface area (TPSA) is 18.5 Å². The quantitative estimate of drug-likeness (QED) is 0.356. The molecule has 0 saturated carbocycles. The van der Waals surface area contributed by atoms with E-state index in [9.17, 15) is 0 Å². The molecule has 5 rings (SSSR count). The molecule has 1 saturated heterocycles. The Kier molecular flexibility index (Phi) is 4.78. The van der Waals surface area contributed by atoms with Crippen molar-refractivity contribution in [2.45, 2.75) is 58.2 Å². The molecule has 0 bridgehead atoms. The lowest BCUT2D eigenvalue weighted by atomic mass is 9.74. The van der Waals surface area contributed by atoms with E-state index in [0.29, 0.717) is 0 Å². The third-order valence-electron chi connectivity index (χ3n) is 7.52. The lowest BCUT2D eigenvalue weighted by Gasteiger charge is -2.32. The molecule has 32 heavy (non-hydrogen) atoms. The molecule has 0 spiro atoms. The molecular weight excluding hydrogens is 391 g/mol. The summed E-state index contributed by atoms with van der Waals surface area (Å²) in [4.78, 5) is 0. The van der Waals surface area contributed by atoms with Gasteiger partial charge < -0.3 is 9.31 Å². The van der Waals surface area contributed by atoms with Crippen molar-refractivity contribution in [1.29, 1.82) is 0 Å². The van der Waals surface area contributed by atoms with E-state index in [1.807, 2.05) is 6.07 Å². The minimum absolute atomic E-state index is 0.0824. The second kappa shape index (κ2) is 7.20. The highest BCUT2D eigenvalue weighted by atomic mass is 16.7. The van der Waals surface area contributed by atoms with Crippen LogP contribution >= 0.6 is 0 Å². The van der Waals surface area contributed by atoms with E-state index >= 15 is 0 Å². The molecule has 162 valence electrons. The molecule has 0 N–H and O–H groups in total. The second-order valence-corrected chi connectivity index (χ2v) is 10.6. The first-order valence-corrected chi connectivity index (χ1v) is 11.5. The standard InChI is InChI=1S/C29H31BO2/c1-27(2)25-18-21(13-12-20-10-8-7-9-11-20)14-16-23(25)24-17-15-22(19-26(24)27)30-31-28(3,4)29(5,6)32-30/h7-19H,1-6H3. The van der Waals surface area contributed by atoms with Gasteiger partial charge in [0, 0.05) is 5.41 Å². The van der Waals surface area contributed by atoms with Gasteiger partial charge in [0.2, 0.25) is 0 Å². The van der Waals surface area contributed by atoms with Crippen LogP contribution in [0.25, 0.3) is 23.3 Å². The van der Waals surface area contributed by atoms with E-state index < -0.39 is 0 Å². The average Bonchev–Trinajstić information content (AvgIpc) is 3.12. The Balaban J connectivity index is 1.48. The Morgan fingerprint density at radius 3 is 1.84 bits per heavy atom. The van der Waals surface area contributed by atoms with Crippen molar-refractivity contribution >= 4 is 24.7 Å². The lowest BCUT2D eigenvalue weighted by Crippen LogP contribution is -2.41. The fourth-order valence-corrected chi connectivity index (χ4v) is 4.76. The highest BCUT2D eigenvalue weighted by Gasteiger charge is 2.52. The van der Waals surface area contributed by atoms with Crippen LogP contribution in [-0.2, 0) is 14.7 Å². The predicted octanol–water partition coefficient (Wildman–Crippen LogP) is 6.46. The maximum atomic E-state index is 6.32. The molecule has 0 amide bonds. The zero-order valence-corrected chi connectivity index (χ0v) is 19.9. The van der Waals surface area contributed by atoms with E-state index in [2.05, 4.69) is 114 Å². The van der Waals surface area contributed by atoms with Crippen LogP contribution in [-0.4, -0.2) is 18.3 Å². The average molecular weight is 422 g/mol. The normalized spacial score (nSPS) is 19.9. The minimum atomic E-state index is -0.339. The number of fused-ring (bicyclic) bond motifs is 3. The van der Waals surface area contributed by atoms with Crippen LogP contribution in [0.2, 0.25) is 0 Å². The Labute approximate surface area is 192 Å². The molecule has 3 aromatic rings. The van der Waals surface area contributed by atoms with E-state index in [1.165, 1.54) is 33.4 Å². The second-order valence-electron chi connectivity index (χ2n) is 10.6. The van der Waals surface area contributed by atoms with Gasteiger partial charge in [0.05, 0.1) is 11.2 Å². The van der Waals surface area contributed by atoms with E-state index in [1.54, 1.807) is 0 Å². The number of hydrogen-bond donors (Lipinski definition) is 0. The summed E-state index contributed by atoms with van der Waals surface area (Å²) in [6.45, 7) is 13.0. The highest BCUT2D eigenvalue weighted by molar-refractivity contribution is 6.62. The molecule has 1 heterocycles. The van der Waals surface area contributed by atoms with Gasteiger partial charge in [0.1, 0.15) is 0 Å². The van der Waals surface area contributed by atoms with Gasteiger partial charge in [-0.1, -0.05) is 92.7 Å². The maximum Gasteiger partial charge on any atom is 0.494 e. The Hall–Kier alpha value is -2.62. The number of hydrogen-bond acceptors (Lipinski definition) is 2. The third-order valence-corrected chi connectivity index (χ3v) is 7.52. The van der Waals surface area contributed by atoms with Gasteiger partial charge in [-0.3, -0.25) is 0 Å². The monoisotopic (exact) mass is 422 g/mol. The summed E-state index contributed by atoms with van der Waals surface area (Å²) >= 11 is 0. The summed E-state index contributed by atoms with van der Waals surface area (Å²) in [5, 5.41) is 0. The molecule has 2 aliphatic rings. The van der Waals surface area contributed by atoms with Crippen molar-refractivity contribution in [3.8, 4) is 11.1 Å². The van der Waals surface area contributed by atoms with Crippen molar-refractivity contribution in [1.82, 2.24) is 0 Å². The first-order chi connectivity index (χ1) is 15.1. The number of rotatable bonds is 3. The van der Waals surface area contributed by atoms with Crippen molar-refractivity contribution in [2.24, 2.45) is 0 Å². The highest BCUT2D eigenvalue weighted by Crippen LogP contribution is 2.49. The third kappa shape index (κ3) is 3.35. The van der Waals surface area contributed by atoms with Gasteiger partial charge in [-0.2, -0.15) is 0 Å². The molecular formula is C29H31BO2. The zero-order chi connectivity index (χ0) is 22.7. The SMILES string of the molecule is CC1(C)c2cc(C=Cc3ccccc3)ccc2-c2ccc(B3OC(C)(C)C(C)(C)O3)cc21. The minimum Gasteiger partial charge on any atom is -0.399 e. The fraction of sp³-hybridized carbons (Fsp3) is 0.310. The van der Waals surface area contributed by atoms with Crippen LogP contribution in [0.3, 0.4) is 0 Å². The van der Waals surface area contributed by atoms with Crippen molar-refractivity contribution in [3.63, 3.8) is 0 Å². The van der Waals surface area contributed by atoms with Gasteiger partial charge in [0.15, 0.2) is 0 Å². The molecule has 0 atom stereocenters.